The van der Waals surface area contributed by atoms with Crippen molar-refractivity contribution in [2.24, 2.45) is 0 Å². The van der Waals surface area contributed by atoms with E-state index in [0.717, 1.165) is 35.4 Å². The van der Waals surface area contributed by atoms with Gasteiger partial charge in [-0.2, -0.15) is 0 Å². The number of rotatable bonds is 10. The number of hydrogen-bond acceptors (Lipinski definition) is 3. The number of para-hydroxylation sites is 3. The van der Waals surface area contributed by atoms with Crippen LogP contribution in [0.1, 0.15) is 47.9 Å². The van der Waals surface area contributed by atoms with E-state index < -0.39 is 0 Å². The standard InChI is InChI=1S/C28H30ClN3O2/c1-20(2)23-8-3-6-11-26(23)34-19-18-32-25-10-5-4-9-24(25)31-27(32)12-7-17-30-28(33)21-13-15-22(29)16-14-21/h3-6,8-11,13-16,20H,7,12,17-19H2,1-2H3,(H,30,33). The third-order valence-electron chi connectivity index (χ3n) is 5.82. The maximum atomic E-state index is 12.3. The molecular weight excluding hydrogens is 446 g/mol. The van der Waals surface area contributed by atoms with Crippen LogP contribution in [0.5, 0.6) is 5.75 Å². The first-order chi connectivity index (χ1) is 16.5. The van der Waals surface area contributed by atoms with Gasteiger partial charge < -0.3 is 14.6 Å². The number of halogens is 1. The second kappa shape index (κ2) is 11.2. The number of carbonyl (C=O) groups excluding carboxylic acids is 1. The fraction of sp³-hybridized carbons (Fsp3) is 0.286. The molecule has 0 unspecified atom stereocenters. The number of amides is 1. The van der Waals surface area contributed by atoms with Gasteiger partial charge in [-0.25, -0.2) is 4.98 Å². The first kappa shape index (κ1) is 23.8. The third kappa shape index (κ3) is 5.78. The maximum absolute atomic E-state index is 12.3. The number of fused-ring (bicyclic) bond motifs is 1. The summed E-state index contributed by atoms with van der Waals surface area (Å²) in [6.45, 7) is 6.19. The minimum absolute atomic E-state index is 0.0950. The number of benzene rings is 3. The second-order valence-corrected chi connectivity index (χ2v) is 9.01. The van der Waals surface area contributed by atoms with E-state index in [0.29, 0.717) is 36.2 Å². The molecule has 34 heavy (non-hydrogen) atoms. The second-order valence-electron chi connectivity index (χ2n) is 8.58. The largest absolute Gasteiger partial charge is 0.491 e. The van der Waals surface area contributed by atoms with Gasteiger partial charge in [-0.15, -0.1) is 0 Å². The predicted molar refractivity (Wildman–Crippen MR) is 138 cm³/mol. The van der Waals surface area contributed by atoms with Crippen molar-refractivity contribution in [2.45, 2.75) is 39.2 Å². The zero-order chi connectivity index (χ0) is 23.9. The Labute approximate surface area is 205 Å². The number of imidazole rings is 1. The lowest BCUT2D eigenvalue weighted by Crippen LogP contribution is -2.25. The summed E-state index contributed by atoms with van der Waals surface area (Å²) in [6.07, 6.45) is 1.55. The van der Waals surface area contributed by atoms with Crippen LogP contribution in [0.2, 0.25) is 5.02 Å². The Kier molecular flexibility index (Phi) is 7.86. The first-order valence-electron chi connectivity index (χ1n) is 11.7. The lowest BCUT2D eigenvalue weighted by molar-refractivity contribution is 0.0953. The highest BCUT2D eigenvalue weighted by atomic mass is 35.5. The van der Waals surface area contributed by atoms with E-state index in [4.69, 9.17) is 21.3 Å². The molecule has 1 N–H and O–H groups in total. The summed E-state index contributed by atoms with van der Waals surface area (Å²) in [4.78, 5) is 17.2. The normalized spacial score (nSPS) is 11.2. The fourth-order valence-electron chi connectivity index (χ4n) is 4.05. The van der Waals surface area contributed by atoms with Crippen LogP contribution in [-0.2, 0) is 13.0 Å². The van der Waals surface area contributed by atoms with Crippen molar-refractivity contribution in [3.8, 4) is 5.75 Å². The summed E-state index contributed by atoms with van der Waals surface area (Å²) in [5, 5.41) is 3.60. The third-order valence-corrected chi connectivity index (χ3v) is 6.07. The van der Waals surface area contributed by atoms with Crippen LogP contribution in [0.15, 0.2) is 72.8 Å². The molecular formula is C28H30ClN3O2. The zero-order valence-corrected chi connectivity index (χ0v) is 20.4. The summed E-state index contributed by atoms with van der Waals surface area (Å²) >= 11 is 5.90. The lowest BCUT2D eigenvalue weighted by atomic mass is 10.0. The van der Waals surface area contributed by atoms with E-state index in [2.05, 4.69) is 41.9 Å². The average molecular weight is 476 g/mol. The van der Waals surface area contributed by atoms with Gasteiger partial charge in [0.1, 0.15) is 18.2 Å². The summed E-state index contributed by atoms with van der Waals surface area (Å²) < 4.78 is 8.41. The predicted octanol–water partition coefficient (Wildman–Crippen LogP) is 6.25. The molecule has 0 saturated carbocycles. The molecule has 176 valence electrons. The molecule has 1 aromatic heterocycles. The quantitative estimate of drug-likeness (QED) is 0.275. The van der Waals surface area contributed by atoms with Crippen molar-refractivity contribution in [2.75, 3.05) is 13.2 Å². The Morgan fingerprint density at radius 1 is 1.03 bits per heavy atom. The van der Waals surface area contributed by atoms with Crippen LogP contribution in [0.3, 0.4) is 0 Å². The van der Waals surface area contributed by atoms with E-state index in [1.54, 1.807) is 24.3 Å². The minimum atomic E-state index is -0.0950. The molecule has 5 nitrogen and oxygen atoms in total. The van der Waals surface area contributed by atoms with Crippen LogP contribution < -0.4 is 10.1 Å². The van der Waals surface area contributed by atoms with Gasteiger partial charge in [-0.1, -0.05) is 55.8 Å². The van der Waals surface area contributed by atoms with E-state index >= 15 is 0 Å². The van der Waals surface area contributed by atoms with Crippen molar-refractivity contribution in [3.63, 3.8) is 0 Å². The van der Waals surface area contributed by atoms with Gasteiger partial charge in [0.2, 0.25) is 0 Å². The zero-order valence-electron chi connectivity index (χ0n) is 19.6. The van der Waals surface area contributed by atoms with Gasteiger partial charge in [0.25, 0.3) is 5.91 Å². The summed E-state index contributed by atoms with van der Waals surface area (Å²) in [5.74, 6) is 2.25. The molecule has 6 heteroatoms. The van der Waals surface area contributed by atoms with Gasteiger partial charge in [-0.3, -0.25) is 4.79 Å². The molecule has 0 spiro atoms. The number of nitrogens with one attached hydrogen (secondary N) is 1. The van der Waals surface area contributed by atoms with Crippen LogP contribution in [0.4, 0.5) is 0 Å². The lowest BCUT2D eigenvalue weighted by Gasteiger charge is -2.15. The molecule has 0 atom stereocenters. The molecule has 0 aliphatic heterocycles. The first-order valence-corrected chi connectivity index (χ1v) is 12.1. The highest BCUT2D eigenvalue weighted by Crippen LogP contribution is 2.26. The monoisotopic (exact) mass is 475 g/mol. The SMILES string of the molecule is CC(C)c1ccccc1OCCn1c(CCCNC(=O)c2ccc(Cl)cc2)nc2ccccc21. The number of nitrogens with zero attached hydrogens (tertiary/aromatic N) is 2. The molecule has 4 aromatic rings. The average Bonchev–Trinajstić information content (AvgIpc) is 3.19. The fourth-order valence-corrected chi connectivity index (χ4v) is 4.18. The van der Waals surface area contributed by atoms with Crippen molar-refractivity contribution in [3.05, 3.63) is 94.8 Å². The number of ether oxygens (including phenoxy) is 1. The van der Waals surface area contributed by atoms with Crippen molar-refractivity contribution in [1.29, 1.82) is 0 Å². The Morgan fingerprint density at radius 2 is 1.76 bits per heavy atom. The summed E-state index contributed by atoms with van der Waals surface area (Å²) in [6, 6.07) is 23.3. The van der Waals surface area contributed by atoms with Crippen molar-refractivity contribution < 1.29 is 9.53 Å². The number of carbonyl (C=O) groups is 1. The Morgan fingerprint density at radius 3 is 2.56 bits per heavy atom. The van der Waals surface area contributed by atoms with E-state index in [9.17, 15) is 4.79 Å². The van der Waals surface area contributed by atoms with Gasteiger partial charge in [0.15, 0.2) is 0 Å². The Bertz CT molecular complexity index is 1250. The molecule has 4 rings (SSSR count). The molecule has 1 amide bonds. The van der Waals surface area contributed by atoms with Crippen LogP contribution in [-0.4, -0.2) is 28.6 Å². The van der Waals surface area contributed by atoms with Crippen molar-refractivity contribution in [1.82, 2.24) is 14.9 Å². The van der Waals surface area contributed by atoms with Crippen LogP contribution in [0.25, 0.3) is 11.0 Å². The van der Waals surface area contributed by atoms with E-state index in [1.807, 2.05) is 30.3 Å². The Hall–Kier alpha value is -3.31. The topological polar surface area (TPSA) is 56.1 Å². The number of aromatic nitrogens is 2. The van der Waals surface area contributed by atoms with E-state index in [-0.39, 0.29) is 5.91 Å². The van der Waals surface area contributed by atoms with Crippen LogP contribution in [0, 0.1) is 0 Å². The Balaban J connectivity index is 1.38. The molecule has 0 saturated heterocycles. The molecule has 0 bridgehead atoms. The van der Waals surface area contributed by atoms with Gasteiger partial charge in [0.05, 0.1) is 17.6 Å². The summed E-state index contributed by atoms with van der Waals surface area (Å²) in [5.41, 5.74) is 3.90. The molecule has 0 aliphatic rings. The van der Waals surface area contributed by atoms with E-state index in [1.165, 1.54) is 5.56 Å². The number of hydrogen-bond donors (Lipinski definition) is 1. The highest BCUT2D eigenvalue weighted by molar-refractivity contribution is 6.30. The molecule has 3 aromatic carbocycles. The van der Waals surface area contributed by atoms with Crippen molar-refractivity contribution >= 4 is 28.5 Å². The molecule has 1 heterocycles. The molecule has 0 fully saturated rings. The van der Waals surface area contributed by atoms with Gasteiger partial charge in [0, 0.05) is 23.6 Å². The summed E-state index contributed by atoms with van der Waals surface area (Å²) in [7, 11) is 0. The number of aryl methyl sites for hydroxylation is 1. The minimum Gasteiger partial charge on any atom is -0.491 e. The smallest absolute Gasteiger partial charge is 0.251 e. The van der Waals surface area contributed by atoms with Gasteiger partial charge in [-0.05, 0) is 60.4 Å². The maximum Gasteiger partial charge on any atom is 0.251 e. The molecule has 0 aliphatic carbocycles. The van der Waals surface area contributed by atoms with Gasteiger partial charge >= 0.3 is 0 Å². The van der Waals surface area contributed by atoms with Crippen LogP contribution >= 0.6 is 11.6 Å². The molecule has 0 radical (unpaired) electrons. The highest BCUT2D eigenvalue weighted by Gasteiger charge is 2.12.